The first-order chi connectivity index (χ1) is 13.0. The molecule has 0 amide bonds. The Labute approximate surface area is 188 Å². The van der Waals surface area contributed by atoms with Gasteiger partial charge in [0.25, 0.3) is 10.0 Å². The maximum Gasteiger partial charge on any atom is 0.268 e. The fourth-order valence-corrected chi connectivity index (χ4v) is 5.42. The van der Waals surface area contributed by atoms with Gasteiger partial charge in [-0.3, -0.25) is 0 Å². The second-order valence-corrected chi connectivity index (χ2v) is 9.13. The van der Waals surface area contributed by atoms with Crippen molar-refractivity contribution in [2.24, 2.45) is 0 Å². The molecule has 0 unspecified atom stereocenters. The molecule has 2 aromatic carbocycles. The first-order valence-corrected chi connectivity index (χ1v) is 10.8. The van der Waals surface area contributed by atoms with E-state index in [0.717, 1.165) is 37.0 Å². The summed E-state index contributed by atoms with van der Waals surface area (Å²) in [7, 11) is -1.62. The SMILES string of the molecule is CN(c1cccc2c1ccn2S(=O)(=O)c1cccc(Cl)c1)C1CCNCC1.Cl.Cl. The normalized spacial score (nSPS) is 14.8. The highest BCUT2D eigenvalue weighted by molar-refractivity contribution is 7.90. The van der Waals surface area contributed by atoms with Crippen molar-refractivity contribution in [1.29, 1.82) is 0 Å². The molecule has 0 atom stereocenters. The van der Waals surface area contributed by atoms with Crippen molar-refractivity contribution in [3.05, 3.63) is 59.8 Å². The van der Waals surface area contributed by atoms with E-state index in [1.54, 1.807) is 24.4 Å². The number of benzene rings is 2. The van der Waals surface area contributed by atoms with E-state index in [1.165, 1.54) is 10.0 Å². The average molecular weight is 477 g/mol. The Morgan fingerprint density at radius 2 is 1.76 bits per heavy atom. The number of hydrogen-bond acceptors (Lipinski definition) is 4. The molecule has 0 bridgehead atoms. The van der Waals surface area contributed by atoms with Crippen LogP contribution in [0.2, 0.25) is 5.02 Å². The van der Waals surface area contributed by atoms with Crippen LogP contribution < -0.4 is 10.2 Å². The number of anilines is 1. The van der Waals surface area contributed by atoms with Crippen molar-refractivity contribution in [2.45, 2.75) is 23.8 Å². The van der Waals surface area contributed by atoms with Gasteiger partial charge in [0.2, 0.25) is 0 Å². The number of halogens is 3. The molecule has 1 aliphatic heterocycles. The van der Waals surface area contributed by atoms with E-state index in [4.69, 9.17) is 11.6 Å². The molecule has 0 spiro atoms. The maximum absolute atomic E-state index is 13.1. The van der Waals surface area contributed by atoms with Crippen LogP contribution in [0.25, 0.3) is 10.9 Å². The first kappa shape index (κ1) is 23.8. The summed E-state index contributed by atoms with van der Waals surface area (Å²) in [5.74, 6) is 0. The lowest BCUT2D eigenvalue weighted by molar-refractivity contribution is 0.444. The number of rotatable bonds is 4. The van der Waals surface area contributed by atoms with Crippen molar-refractivity contribution in [3.63, 3.8) is 0 Å². The number of fused-ring (bicyclic) bond motifs is 1. The molecule has 2 heterocycles. The van der Waals surface area contributed by atoms with Crippen molar-refractivity contribution < 1.29 is 8.42 Å². The second-order valence-electron chi connectivity index (χ2n) is 6.88. The number of aromatic nitrogens is 1. The third kappa shape index (κ3) is 4.52. The van der Waals surface area contributed by atoms with Gasteiger partial charge >= 0.3 is 0 Å². The molecule has 4 rings (SSSR count). The Bertz CT molecular complexity index is 1080. The van der Waals surface area contributed by atoms with Gasteiger partial charge in [-0.2, -0.15) is 0 Å². The smallest absolute Gasteiger partial charge is 0.268 e. The monoisotopic (exact) mass is 475 g/mol. The molecule has 1 saturated heterocycles. The fraction of sp³-hybridized carbons (Fsp3) is 0.300. The molecule has 158 valence electrons. The predicted octanol–water partition coefficient (Wildman–Crippen LogP) is 4.56. The van der Waals surface area contributed by atoms with Gasteiger partial charge in [-0.1, -0.05) is 23.7 Å². The Hall–Kier alpha value is -1.44. The molecular weight excluding hydrogens is 453 g/mol. The second kappa shape index (κ2) is 9.58. The predicted molar refractivity (Wildman–Crippen MR) is 125 cm³/mol. The van der Waals surface area contributed by atoms with Gasteiger partial charge in [0, 0.05) is 35.4 Å². The van der Waals surface area contributed by atoms with Crippen molar-refractivity contribution in [2.75, 3.05) is 25.0 Å². The van der Waals surface area contributed by atoms with Crippen LogP contribution in [0.3, 0.4) is 0 Å². The van der Waals surface area contributed by atoms with Crippen LogP contribution >= 0.6 is 36.4 Å². The Kier molecular flexibility index (Phi) is 7.87. The summed E-state index contributed by atoms with van der Waals surface area (Å²) in [6.45, 7) is 2.02. The molecule has 1 N–H and O–H groups in total. The summed E-state index contributed by atoms with van der Waals surface area (Å²) in [6.07, 6.45) is 3.78. The summed E-state index contributed by atoms with van der Waals surface area (Å²) in [5.41, 5.74) is 1.73. The Morgan fingerprint density at radius 1 is 1.07 bits per heavy atom. The molecule has 0 saturated carbocycles. The summed E-state index contributed by atoms with van der Waals surface area (Å²) in [4.78, 5) is 2.46. The maximum atomic E-state index is 13.1. The zero-order valence-electron chi connectivity index (χ0n) is 15.9. The van der Waals surface area contributed by atoms with E-state index in [9.17, 15) is 8.42 Å². The topological polar surface area (TPSA) is 54.3 Å². The highest BCUT2D eigenvalue weighted by Crippen LogP contribution is 2.32. The van der Waals surface area contributed by atoms with E-state index in [0.29, 0.717) is 16.6 Å². The minimum Gasteiger partial charge on any atom is -0.371 e. The fourth-order valence-electron chi connectivity index (χ4n) is 3.78. The number of nitrogens with zero attached hydrogens (tertiary/aromatic N) is 2. The zero-order valence-corrected chi connectivity index (χ0v) is 19.1. The molecule has 0 aliphatic carbocycles. The van der Waals surface area contributed by atoms with Crippen LogP contribution in [0.15, 0.2) is 59.6 Å². The van der Waals surface area contributed by atoms with E-state index in [2.05, 4.69) is 23.3 Å². The molecule has 1 aliphatic rings. The summed E-state index contributed by atoms with van der Waals surface area (Å²) >= 11 is 6.00. The van der Waals surface area contributed by atoms with E-state index in [1.807, 2.05) is 18.2 Å². The number of nitrogens with one attached hydrogen (secondary N) is 1. The lowest BCUT2D eigenvalue weighted by Crippen LogP contribution is -2.41. The van der Waals surface area contributed by atoms with Crippen LogP contribution in [0.5, 0.6) is 0 Å². The van der Waals surface area contributed by atoms with Gasteiger partial charge < -0.3 is 10.2 Å². The first-order valence-electron chi connectivity index (χ1n) is 9.03. The average Bonchev–Trinajstić information content (AvgIpc) is 3.13. The van der Waals surface area contributed by atoms with Crippen LogP contribution in [-0.2, 0) is 10.0 Å². The van der Waals surface area contributed by atoms with Crippen molar-refractivity contribution in [1.82, 2.24) is 9.29 Å². The molecule has 9 heteroatoms. The van der Waals surface area contributed by atoms with Gasteiger partial charge in [0.1, 0.15) is 0 Å². The Balaban J connectivity index is 0.00000150. The van der Waals surface area contributed by atoms with E-state index >= 15 is 0 Å². The van der Waals surface area contributed by atoms with E-state index < -0.39 is 10.0 Å². The molecule has 1 fully saturated rings. The minimum atomic E-state index is -3.71. The standard InChI is InChI=1S/C20H22ClN3O2S.2ClH/c1-23(16-8-11-22-12-9-16)19-6-3-7-20-18(19)10-13-24(20)27(25,26)17-5-2-4-15(21)14-17;;/h2-7,10,13-14,16,22H,8-9,11-12H2,1H3;2*1H. The summed E-state index contributed by atoms with van der Waals surface area (Å²) in [6, 6.07) is 14.5. The highest BCUT2D eigenvalue weighted by Gasteiger charge is 2.23. The largest absolute Gasteiger partial charge is 0.371 e. The minimum absolute atomic E-state index is 0. The highest BCUT2D eigenvalue weighted by atomic mass is 35.5. The molecule has 1 aromatic heterocycles. The lowest BCUT2D eigenvalue weighted by Gasteiger charge is -2.33. The van der Waals surface area contributed by atoms with Crippen molar-refractivity contribution >= 4 is 63.0 Å². The molecule has 0 radical (unpaired) electrons. The number of hydrogen-bond donors (Lipinski definition) is 1. The third-order valence-corrected chi connectivity index (χ3v) is 7.18. The van der Waals surface area contributed by atoms with Gasteiger partial charge in [0.15, 0.2) is 0 Å². The lowest BCUT2D eigenvalue weighted by atomic mass is 10.0. The van der Waals surface area contributed by atoms with Crippen LogP contribution in [0.4, 0.5) is 5.69 Å². The van der Waals surface area contributed by atoms with Crippen LogP contribution in [0.1, 0.15) is 12.8 Å². The molecule has 29 heavy (non-hydrogen) atoms. The summed E-state index contributed by atoms with van der Waals surface area (Å²) in [5, 5.41) is 4.72. The molecule has 3 aromatic rings. The molecular formula is C20H24Cl3N3O2S. The zero-order chi connectivity index (χ0) is 19.0. The van der Waals surface area contributed by atoms with Gasteiger partial charge in [-0.05, 0) is 62.3 Å². The third-order valence-electron chi connectivity index (χ3n) is 5.26. The summed E-state index contributed by atoms with van der Waals surface area (Å²) < 4.78 is 27.6. The Morgan fingerprint density at radius 3 is 2.45 bits per heavy atom. The van der Waals surface area contributed by atoms with Crippen LogP contribution in [-0.4, -0.2) is 38.6 Å². The van der Waals surface area contributed by atoms with E-state index in [-0.39, 0.29) is 29.7 Å². The molecule has 5 nitrogen and oxygen atoms in total. The van der Waals surface area contributed by atoms with Gasteiger partial charge in [-0.15, -0.1) is 24.8 Å². The van der Waals surface area contributed by atoms with Gasteiger partial charge in [0.05, 0.1) is 10.4 Å². The quantitative estimate of drug-likeness (QED) is 0.599. The van der Waals surface area contributed by atoms with Gasteiger partial charge in [-0.25, -0.2) is 12.4 Å². The van der Waals surface area contributed by atoms with Crippen molar-refractivity contribution in [3.8, 4) is 0 Å². The number of piperidine rings is 1. The van der Waals surface area contributed by atoms with Crippen LogP contribution in [0, 0.1) is 0 Å².